The van der Waals surface area contributed by atoms with E-state index in [1.807, 2.05) is 30.3 Å². The minimum atomic E-state index is -0.252. The van der Waals surface area contributed by atoms with Gasteiger partial charge < -0.3 is 10.1 Å². The molecule has 2 aromatic carbocycles. The summed E-state index contributed by atoms with van der Waals surface area (Å²) in [4.78, 5) is 12.3. The Hall–Kier alpha value is -3.59. The Bertz CT molecular complexity index is 922. The lowest BCUT2D eigenvalue weighted by molar-refractivity contribution is 0.102. The number of ether oxygens (including phenoxy) is 1. The summed E-state index contributed by atoms with van der Waals surface area (Å²) in [5.41, 5.74) is 2.45. The van der Waals surface area contributed by atoms with Crippen LogP contribution in [0, 0.1) is 11.3 Å². The number of amides is 1. The van der Waals surface area contributed by atoms with Crippen molar-refractivity contribution >= 4 is 11.6 Å². The zero-order valence-electron chi connectivity index (χ0n) is 14.3. The van der Waals surface area contributed by atoms with Crippen LogP contribution in [0.4, 0.5) is 5.69 Å². The van der Waals surface area contributed by atoms with Gasteiger partial charge in [0.05, 0.1) is 42.0 Å². The van der Waals surface area contributed by atoms with Crippen LogP contribution in [0.1, 0.15) is 29.3 Å². The number of benzene rings is 2. The molecule has 0 bridgehead atoms. The van der Waals surface area contributed by atoms with E-state index in [2.05, 4.69) is 17.3 Å². The maximum Gasteiger partial charge on any atom is 0.255 e. The summed E-state index contributed by atoms with van der Waals surface area (Å²) in [7, 11) is 0. The summed E-state index contributed by atoms with van der Waals surface area (Å²) >= 11 is 0. The monoisotopic (exact) mass is 346 g/mol. The molecule has 0 saturated heterocycles. The molecule has 0 spiro atoms. The highest BCUT2D eigenvalue weighted by Crippen LogP contribution is 2.17. The van der Waals surface area contributed by atoms with Crippen LogP contribution in [-0.2, 0) is 0 Å². The molecule has 6 nitrogen and oxygen atoms in total. The van der Waals surface area contributed by atoms with Gasteiger partial charge in [-0.3, -0.25) is 4.79 Å². The Balaban J connectivity index is 1.67. The van der Waals surface area contributed by atoms with Gasteiger partial charge in [0, 0.05) is 5.56 Å². The van der Waals surface area contributed by atoms with Gasteiger partial charge in [0.25, 0.3) is 5.91 Å². The zero-order chi connectivity index (χ0) is 18.4. The zero-order valence-corrected chi connectivity index (χ0v) is 14.3. The Morgan fingerprint density at radius 1 is 1.19 bits per heavy atom. The lowest BCUT2D eigenvalue weighted by atomic mass is 10.1. The molecule has 0 saturated carbocycles. The molecule has 0 aliphatic heterocycles. The van der Waals surface area contributed by atoms with Crippen LogP contribution < -0.4 is 10.1 Å². The number of nitrogens with zero attached hydrogens (tertiary/aromatic N) is 3. The molecular formula is C20H18N4O2. The minimum absolute atomic E-state index is 0.252. The molecular weight excluding hydrogens is 328 g/mol. The summed E-state index contributed by atoms with van der Waals surface area (Å²) in [5, 5.41) is 15.9. The predicted octanol–water partition coefficient (Wildman–Crippen LogP) is 3.79. The number of nitriles is 1. The highest BCUT2D eigenvalue weighted by Gasteiger charge is 2.08. The molecule has 0 fully saturated rings. The van der Waals surface area contributed by atoms with E-state index in [4.69, 9.17) is 10.00 Å². The SMILES string of the molecule is CCCOc1ccc(-n2cc(NC(=O)c3ccc(C#N)cc3)cn2)cc1. The summed E-state index contributed by atoms with van der Waals surface area (Å²) in [6.07, 6.45) is 4.29. The van der Waals surface area contributed by atoms with E-state index in [9.17, 15) is 4.79 Å². The van der Waals surface area contributed by atoms with Crippen molar-refractivity contribution in [3.8, 4) is 17.5 Å². The van der Waals surface area contributed by atoms with Gasteiger partial charge in [-0.05, 0) is 55.0 Å². The first-order chi connectivity index (χ1) is 12.7. The van der Waals surface area contributed by atoms with Gasteiger partial charge in [0.15, 0.2) is 0 Å². The second-order valence-electron chi connectivity index (χ2n) is 5.66. The van der Waals surface area contributed by atoms with Crippen molar-refractivity contribution in [1.29, 1.82) is 5.26 Å². The van der Waals surface area contributed by atoms with E-state index in [1.165, 1.54) is 0 Å². The first-order valence-electron chi connectivity index (χ1n) is 8.29. The number of anilines is 1. The molecule has 3 rings (SSSR count). The number of rotatable bonds is 6. The summed E-state index contributed by atoms with van der Waals surface area (Å²) in [6, 6.07) is 16.1. The van der Waals surface area contributed by atoms with Crippen LogP contribution in [-0.4, -0.2) is 22.3 Å². The topological polar surface area (TPSA) is 79.9 Å². The quantitative estimate of drug-likeness (QED) is 0.736. The summed E-state index contributed by atoms with van der Waals surface area (Å²) in [6.45, 7) is 2.75. The molecule has 0 aliphatic rings. The maximum atomic E-state index is 12.3. The van der Waals surface area contributed by atoms with E-state index in [0.29, 0.717) is 23.4 Å². The van der Waals surface area contributed by atoms with Crippen molar-refractivity contribution in [3.63, 3.8) is 0 Å². The maximum absolute atomic E-state index is 12.3. The number of hydrogen-bond acceptors (Lipinski definition) is 4. The van der Waals surface area contributed by atoms with Crippen molar-refractivity contribution < 1.29 is 9.53 Å². The van der Waals surface area contributed by atoms with E-state index in [0.717, 1.165) is 17.9 Å². The molecule has 3 aromatic rings. The normalized spacial score (nSPS) is 10.2. The van der Waals surface area contributed by atoms with Crippen LogP contribution in [0.2, 0.25) is 0 Å². The second kappa shape index (κ2) is 7.99. The van der Waals surface area contributed by atoms with Gasteiger partial charge in [-0.15, -0.1) is 0 Å². The molecule has 6 heteroatoms. The molecule has 1 aromatic heterocycles. The van der Waals surface area contributed by atoms with E-state index >= 15 is 0 Å². The highest BCUT2D eigenvalue weighted by molar-refractivity contribution is 6.04. The van der Waals surface area contributed by atoms with Gasteiger partial charge in [0.2, 0.25) is 0 Å². The number of carbonyl (C=O) groups excluding carboxylic acids is 1. The number of carbonyl (C=O) groups is 1. The molecule has 130 valence electrons. The minimum Gasteiger partial charge on any atom is -0.494 e. The Morgan fingerprint density at radius 3 is 2.58 bits per heavy atom. The van der Waals surface area contributed by atoms with E-state index < -0.39 is 0 Å². The van der Waals surface area contributed by atoms with E-state index in [-0.39, 0.29) is 5.91 Å². The third-order valence-electron chi connectivity index (χ3n) is 3.69. The van der Waals surface area contributed by atoms with Gasteiger partial charge in [-0.1, -0.05) is 6.92 Å². The molecule has 1 heterocycles. The lowest BCUT2D eigenvalue weighted by Crippen LogP contribution is -2.11. The average molecular weight is 346 g/mol. The third kappa shape index (κ3) is 4.08. The summed E-state index contributed by atoms with van der Waals surface area (Å²) < 4.78 is 7.24. The van der Waals surface area contributed by atoms with E-state index in [1.54, 1.807) is 41.3 Å². The molecule has 1 amide bonds. The number of hydrogen-bond donors (Lipinski definition) is 1. The standard InChI is InChI=1S/C20H18N4O2/c1-2-11-26-19-9-7-18(8-10-19)24-14-17(13-22-24)23-20(25)16-5-3-15(12-21)4-6-16/h3-10,13-14H,2,11H2,1H3,(H,23,25). The van der Waals surface area contributed by atoms with Crippen LogP contribution in [0.15, 0.2) is 60.9 Å². The van der Waals surface area contributed by atoms with Crippen molar-refractivity contribution in [1.82, 2.24) is 9.78 Å². The van der Waals surface area contributed by atoms with Crippen LogP contribution >= 0.6 is 0 Å². The fourth-order valence-electron chi connectivity index (χ4n) is 2.34. The van der Waals surface area contributed by atoms with Crippen molar-refractivity contribution in [3.05, 3.63) is 72.1 Å². The molecule has 0 unspecified atom stereocenters. The Morgan fingerprint density at radius 2 is 1.92 bits per heavy atom. The largest absolute Gasteiger partial charge is 0.494 e. The molecule has 0 radical (unpaired) electrons. The van der Waals surface area contributed by atoms with Gasteiger partial charge in [0.1, 0.15) is 5.75 Å². The molecule has 0 atom stereocenters. The fraction of sp³-hybridized carbons (Fsp3) is 0.150. The van der Waals surface area contributed by atoms with Crippen molar-refractivity contribution in [2.45, 2.75) is 13.3 Å². The molecule has 1 N–H and O–H groups in total. The number of nitrogens with one attached hydrogen (secondary N) is 1. The first kappa shape index (κ1) is 17.2. The van der Waals surface area contributed by atoms with Crippen molar-refractivity contribution in [2.24, 2.45) is 0 Å². The first-order valence-corrected chi connectivity index (χ1v) is 8.29. The lowest BCUT2D eigenvalue weighted by Gasteiger charge is -2.06. The average Bonchev–Trinajstić information content (AvgIpc) is 3.15. The fourth-order valence-corrected chi connectivity index (χ4v) is 2.34. The smallest absolute Gasteiger partial charge is 0.255 e. The van der Waals surface area contributed by atoms with Gasteiger partial charge in [-0.25, -0.2) is 4.68 Å². The third-order valence-corrected chi connectivity index (χ3v) is 3.69. The molecule has 0 aliphatic carbocycles. The Kier molecular flexibility index (Phi) is 5.30. The van der Waals surface area contributed by atoms with Gasteiger partial charge in [-0.2, -0.15) is 10.4 Å². The van der Waals surface area contributed by atoms with Crippen LogP contribution in [0.5, 0.6) is 5.75 Å². The van der Waals surface area contributed by atoms with Gasteiger partial charge >= 0.3 is 0 Å². The molecule has 26 heavy (non-hydrogen) atoms. The highest BCUT2D eigenvalue weighted by atomic mass is 16.5. The number of aromatic nitrogens is 2. The van der Waals surface area contributed by atoms with Crippen LogP contribution in [0.3, 0.4) is 0 Å². The second-order valence-corrected chi connectivity index (χ2v) is 5.66. The van der Waals surface area contributed by atoms with Crippen LogP contribution in [0.25, 0.3) is 5.69 Å². The van der Waals surface area contributed by atoms with Crippen molar-refractivity contribution in [2.75, 3.05) is 11.9 Å². The Labute approximate surface area is 151 Å². The predicted molar refractivity (Wildman–Crippen MR) is 98.5 cm³/mol. The summed E-state index contributed by atoms with van der Waals surface area (Å²) in [5.74, 6) is 0.564.